The number of nitrogens with zero attached hydrogens (tertiary/aromatic N) is 4. The molecule has 214 valence electrons. The van der Waals surface area contributed by atoms with E-state index in [9.17, 15) is 13.2 Å². The minimum absolute atomic E-state index is 0.00113. The Morgan fingerprint density at radius 1 is 1.13 bits per heavy atom. The predicted molar refractivity (Wildman–Crippen MR) is 149 cm³/mol. The monoisotopic (exact) mass is 560 g/mol. The maximum absolute atomic E-state index is 13.5. The molecular formula is C27H40N6O5S. The van der Waals surface area contributed by atoms with Crippen molar-refractivity contribution in [1.29, 1.82) is 0 Å². The Hall–Kier alpha value is -2.51. The molecule has 1 aliphatic heterocycles. The molecule has 12 heteroatoms. The van der Waals surface area contributed by atoms with E-state index in [0.717, 1.165) is 32.1 Å². The van der Waals surface area contributed by atoms with Crippen LogP contribution in [0.4, 0.5) is 5.69 Å². The molecule has 0 amide bonds. The van der Waals surface area contributed by atoms with E-state index in [0.29, 0.717) is 50.7 Å². The van der Waals surface area contributed by atoms with Crippen molar-refractivity contribution in [3.05, 3.63) is 46.9 Å². The predicted octanol–water partition coefficient (Wildman–Crippen LogP) is 1.51. The Labute approximate surface area is 230 Å². The lowest BCUT2D eigenvalue weighted by Crippen LogP contribution is -2.53. The maximum atomic E-state index is 13.5. The van der Waals surface area contributed by atoms with Gasteiger partial charge in [0.25, 0.3) is 10.2 Å². The zero-order valence-electron chi connectivity index (χ0n) is 22.8. The number of piperazine rings is 1. The second-order valence-electron chi connectivity index (χ2n) is 11.4. The van der Waals surface area contributed by atoms with Gasteiger partial charge in [0.1, 0.15) is 5.69 Å². The van der Waals surface area contributed by atoms with Crippen LogP contribution in [-0.4, -0.2) is 81.1 Å². The van der Waals surface area contributed by atoms with E-state index in [1.165, 1.54) is 8.99 Å². The number of nitrogens with one attached hydrogen (secondary N) is 1. The highest BCUT2D eigenvalue weighted by molar-refractivity contribution is 7.87. The fourth-order valence-electron chi connectivity index (χ4n) is 5.32. The average Bonchev–Trinajstić information content (AvgIpc) is 3.69. The SMILES string of the molecule is COC1CC(CNS(=O)(=O)N2CCN(c3cnn(-c4ccccc4)c(=O)c3OCC3(C)CC3)CC2)CCC1N. The lowest BCUT2D eigenvalue weighted by Gasteiger charge is -2.36. The van der Waals surface area contributed by atoms with Crippen molar-refractivity contribution in [3.63, 3.8) is 0 Å². The number of anilines is 1. The van der Waals surface area contributed by atoms with Crippen LogP contribution in [0.25, 0.3) is 5.69 Å². The molecule has 0 radical (unpaired) electrons. The minimum Gasteiger partial charge on any atom is -0.486 e. The van der Waals surface area contributed by atoms with Crippen LogP contribution >= 0.6 is 0 Å². The number of methoxy groups -OCH3 is 1. The van der Waals surface area contributed by atoms with Crippen molar-refractivity contribution >= 4 is 15.9 Å². The molecule has 3 fully saturated rings. The lowest BCUT2D eigenvalue weighted by molar-refractivity contribution is 0.0356. The van der Waals surface area contributed by atoms with Gasteiger partial charge in [0.2, 0.25) is 5.75 Å². The molecule has 2 aliphatic carbocycles. The van der Waals surface area contributed by atoms with Gasteiger partial charge >= 0.3 is 5.56 Å². The van der Waals surface area contributed by atoms with Crippen LogP contribution in [0.2, 0.25) is 0 Å². The second-order valence-corrected chi connectivity index (χ2v) is 13.1. The Kier molecular flexibility index (Phi) is 8.29. The van der Waals surface area contributed by atoms with E-state index in [4.69, 9.17) is 15.2 Å². The smallest absolute Gasteiger partial charge is 0.316 e. The quantitative estimate of drug-likeness (QED) is 0.447. The highest BCUT2D eigenvalue weighted by Crippen LogP contribution is 2.45. The van der Waals surface area contributed by atoms with Crippen molar-refractivity contribution < 1.29 is 17.9 Å². The lowest BCUT2D eigenvalue weighted by atomic mass is 9.84. The van der Waals surface area contributed by atoms with Crippen LogP contribution in [0.1, 0.15) is 39.0 Å². The molecule has 3 atom stereocenters. The minimum atomic E-state index is -3.64. The fourth-order valence-corrected chi connectivity index (χ4v) is 6.60. The van der Waals surface area contributed by atoms with Gasteiger partial charge < -0.3 is 20.1 Å². The molecular weight excluding hydrogens is 520 g/mol. The van der Waals surface area contributed by atoms with E-state index in [1.54, 1.807) is 13.3 Å². The molecule has 1 aromatic heterocycles. The van der Waals surface area contributed by atoms with Crippen LogP contribution in [0.5, 0.6) is 5.75 Å². The molecule has 2 heterocycles. The second kappa shape index (κ2) is 11.5. The van der Waals surface area contributed by atoms with Gasteiger partial charge in [-0.3, -0.25) is 4.79 Å². The van der Waals surface area contributed by atoms with E-state index < -0.39 is 10.2 Å². The highest BCUT2D eigenvalue weighted by atomic mass is 32.2. The number of benzene rings is 1. The van der Waals surface area contributed by atoms with Crippen LogP contribution < -0.4 is 25.7 Å². The molecule has 3 N–H and O–H groups in total. The average molecular weight is 561 g/mol. The van der Waals surface area contributed by atoms with Gasteiger partial charge in [-0.2, -0.15) is 22.5 Å². The molecule has 2 saturated carbocycles. The Bertz CT molecular complexity index is 1290. The largest absolute Gasteiger partial charge is 0.486 e. The third kappa shape index (κ3) is 6.46. The number of para-hydroxylation sites is 1. The molecule has 5 rings (SSSR count). The molecule has 3 aliphatic rings. The van der Waals surface area contributed by atoms with Crippen molar-refractivity contribution in [2.75, 3.05) is 51.3 Å². The number of hydrogen-bond acceptors (Lipinski definition) is 8. The molecule has 11 nitrogen and oxygen atoms in total. The Morgan fingerprint density at radius 3 is 2.51 bits per heavy atom. The van der Waals surface area contributed by atoms with Gasteiger partial charge in [-0.05, 0) is 50.2 Å². The normalized spacial score (nSPS) is 25.4. The van der Waals surface area contributed by atoms with Crippen LogP contribution in [0, 0.1) is 11.3 Å². The summed E-state index contributed by atoms with van der Waals surface area (Å²) >= 11 is 0. The molecule has 0 spiro atoms. The van der Waals surface area contributed by atoms with Gasteiger partial charge in [-0.1, -0.05) is 25.1 Å². The first-order valence-corrected chi connectivity index (χ1v) is 15.2. The molecule has 1 saturated heterocycles. The number of rotatable bonds is 10. The van der Waals surface area contributed by atoms with Crippen molar-refractivity contribution in [2.24, 2.45) is 17.1 Å². The van der Waals surface area contributed by atoms with Crippen LogP contribution in [0.15, 0.2) is 41.3 Å². The third-order valence-electron chi connectivity index (χ3n) is 8.31. The summed E-state index contributed by atoms with van der Waals surface area (Å²) in [6.07, 6.45) is 6.21. The first kappa shape index (κ1) is 28.0. The number of nitrogens with two attached hydrogens (primary N) is 1. The summed E-state index contributed by atoms with van der Waals surface area (Å²) in [7, 11) is -1.99. The van der Waals surface area contributed by atoms with Crippen LogP contribution in [0.3, 0.4) is 0 Å². The van der Waals surface area contributed by atoms with Crippen molar-refractivity contribution in [2.45, 2.75) is 51.2 Å². The molecule has 0 bridgehead atoms. The summed E-state index contributed by atoms with van der Waals surface area (Å²) in [6.45, 7) is 4.42. The first-order chi connectivity index (χ1) is 18.7. The van der Waals surface area contributed by atoms with E-state index >= 15 is 0 Å². The molecule has 1 aromatic carbocycles. The van der Waals surface area contributed by atoms with E-state index in [1.807, 2.05) is 35.2 Å². The van der Waals surface area contributed by atoms with Gasteiger partial charge in [0.05, 0.1) is 24.6 Å². The van der Waals surface area contributed by atoms with Crippen LogP contribution in [-0.2, 0) is 14.9 Å². The maximum Gasteiger partial charge on any atom is 0.316 e. The summed E-state index contributed by atoms with van der Waals surface area (Å²) in [6, 6.07) is 9.26. The summed E-state index contributed by atoms with van der Waals surface area (Å²) in [5.41, 5.74) is 7.14. The fraction of sp³-hybridized carbons (Fsp3) is 0.630. The van der Waals surface area contributed by atoms with E-state index in [-0.39, 0.29) is 34.8 Å². The van der Waals surface area contributed by atoms with Gasteiger partial charge in [-0.25, -0.2) is 4.72 Å². The van der Waals surface area contributed by atoms with E-state index in [2.05, 4.69) is 16.7 Å². The van der Waals surface area contributed by atoms with Crippen molar-refractivity contribution in [1.82, 2.24) is 18.8 Å². The zero-order chi connectivity index (χ0) is 27.6. The standard InChI is InChI=1S/C27H40N6O5S/c1-27(10-11-27)19-38-25-23(18-29-33(26(25)34)21-6-4-3-5-7-21)31-12-14-32(15-13-31)39(35,36)30-17-20-8-9-22(28)24(16-20)37-2/h3-7,18,20,22,24,30H,8-17,19,28H2,1-2H3. The summed E-state index contributed by atoms with van der Waals surface area (Å²) in [4.78, 5) is 15.5. The Balaban J connectivity index is 1.25. The molecule has 39 heavy (non-hydrogen) atoms. The zero-order valence-corrected chi connectivity index (χ0v) is 23.6. The number of hydrogen-bond donors (Lipinski definition) is 2. The highest BCUT2D eigenvalue weighted by Gasteiger charge is 2.39. The van der Waals surface area contributed by atoms with Gasteiger partial charge in [0.15, 0.2) is 0 Å². The molecule has 3 unspecified atom stereocenters. The first-order valence-electron chi connectivity index (χ1n) is 13.8. The summed E-state index contributed by atoms with van der Waals surface area (Å²) in [5.74, 6) is 0.459. The molecule has 2 aromatic rings. The number of aromatic nitrogens is 2. The number of ether oxygens (including phenoxy) is 2. The Morgan fingerprint density at radius 2 is 1.85 bits per heavy atom. The van der Waals surface area contributed by atoms with Gasteiger partial charge in [0, 0.05) is 51.3 Å². The summed E-state index contributed by atoms with van der Waals surface area (Å²) in [5, 5.41) is 4.43. The summed E-state index contributed by atoms with van der Waals surface area (Å²) < 4.78 is 43.4. The van der Waals surface area contributed by atoms with Crippen molar-refractivity contribution in [3.8, 4) is 11.4 Å². The topological polar surface area (TPSA) is 132 Å². The third-order valence-corrected chi connectivity index (χ3v) is 9.89. The van der Waals surface area contributed by atoms with Gasteiger partial charge in [-0.15, -0.1) is 0 Å².